The van der Waals surface area contributed by atoms with Crippen molar-refractivity contribution in [1.29, 1.82) is 0 Å². The largest absolute Gasteiger partial charge is 0.504 e. The van der Waals surface area contributed by atoms with Gasteiger partial charge in [0.25, 0.3) is 0 Å². The molecule has 0 amide bonds. The first kappa shape index (κ1) is 39.4. The lowest BCUT2D eigenvalue weighted by atomic mass is 9.96. The Balaban J connectivity index is 1.41. The van der Waals surface area contributed by atoms with E-state index in [0.29, 0.717) is 5.69 Å². The number of fused-ring (bicyclic) bond motifs is 4. The molecule has 0 spiro atoms. The first-order valence-corrected chi connectivity index (χ1v) is 20.8. The van der Waals surface area contributed by atoms with Crippen LogP contribution in [-0.4, -0.2) is 45.4 Å². The Morgan fingerprint density at radius 3 is 1.87 bits per heavy atom. The molecule has 306 valence electrons. The molecule has 1 aliphatic rings. The first-order valence-electron chi connectivity index (χ1n) is 19.2. The van der Waals surface area contributed by atoms with Crippen molar-refractivity contribution in [3.63, 3.8) is 0 Å². The standard InChI is InChI=1S/C48H36BrFN2O8S/c1-3-28-29-22-32-35(34(23-11-7-5-8-12-23)48(29)61-33(28)4-2)30-21-27(19-20-31(30)52(32)25-13-9-6-10-14-25)51(26-17-15-24(50)16-18-26)39-46(59)42(55)37(43(56)47(39)60)36-40(53)44(57)38(49)45(58)41(36)54/h3-5,7-9,11-22,53-60H,6,10H2,1-2H3/b28-3-,33-4+. The SMILES string of the molecule is C/C=c1\c(=C/C)sc2c(-c3ccccc3)c3c4cc(N(c5ccc(F)cc5)c5c(O)c(O)c(-c6c(O)c(O)c(Br)c(O)c6O)c(O)c5O)ccc4n(C4=CCCC=C4)c3cc12. The van der Waals surface area contributed by atoms with Crippen molar-refractivity contribution in [2.75, 3.05) is 4.90 Å². The maximum atomic E-state index is 14.5. The number of rotatable bonds is 6. The molecule has 0 fully saturated rings. The molecule has 10 nitrogen and oxygen atoms in total. The monoisotopic (exact) mass is 898 g/mol. The van der Waals surface area contributed by atoms with Crippen LogP contribution in [0, 0.1) is 5.82 Å². The van der Waals surface area contributed by atoms with Crippen LogP contribution in [0.2, 0.25) is 0 Å². The van der Waals surface area contributed by atoms with Crippen LogP contribution in [0.15, 0.2) is 102 Å². The zero-order valence-electron chi connectivity index (χ0n) is 32.4. The number of phenolic OH excluding ortho intramolecular Hbond substituents is 8. The molecule has 61 heavy (non-hydrogen) atoms. The fraction of sp³-hybridized carbons (Fsp3) is 0.0833. The molecule has 0 radical (unpaired) electrons. The quantitative estimate of drug-likeness (QED) is 0.0598. The predicted molar refractivity (Wildman–Crippen MR) is 244 cm³/mol. The molecule has 0 saturated carbocycles. The van der Waals surface area contributed by atoms with Gasteiger partial charge < -0.3 is 50.3 Å². The highest BCUT2D eigenvalue weighted by Crippen LogP contribution is 2.63. The van der Waals surface area contributed by atoms with Gasteiger partial charge in [0.1, 0.15) is 16.0 Å². The zero-order valence-corrected chi connectivity index (χ0v) is 34.8. The van der Waals surface area contributed by atoms with E-state index in [9.17, 15) is 45.2 Å². The molecule has 2 heterocycles. The van der Waals surface area contributed by atoms with Gasteiger partial charge >= 0.3 is 0 Å². The Kier molecular flexibility index (Phi) is 9.60. The summed E-state index contributed by atoms with van der Waals surface area (Å²) >= 11 is 4.54. The van der Waals surface area contributed by atoms with Crippen molar-refractivity contribution in [3.05, 3.63) is 117 Å². The van der Waals surface area contributed by atoms with Gasteiger partial charge in [0.15, 0.2) is 46.0 Å². The van der Waals surface area contributed by atoms with Gasteiger partial charge in [-0.2, -0.15) is 0 Å². The smallest absolute Gasteiger partial charge is 0.186 e. The van der Waals surface area contributed by atoms with E-state index in [1.807, 2.05) is 44.2 Å². The molecule has 0 unspecified atom stereocenters. The maximum Gasteiger partial charge on any atom is 0.186 e. The van der Waals surface area contributed by atoms with Gasteiger partial charge in [-0.05, 0) is 108 Å². The van der Waals surface area contributed by atoms with E-state index in [0.717, 1.165) is 71.3 Å². The Hall–Kier alpha value is -7.09. The van der Waals surface area contributed by atoms with Gasteiger partial charge in [0.05, 0.1) is 22.2 Å². The summed E-state index contributed by atoms with van der Waals surface area (Å²) < 4.78 is 18.4. The minimum atomic E-state index is -1.14. The molecule has 13 heteroatoms. The number of anilines is 3. The van der Waals surface area contributed by atoms with Crippen molar-refractivity contribution < 1.29 is 45.2 Å². The molecule has 6 aromatic carbocycles. The van der Waals surface area contributed by atoms with Crippen molar-refractivity contribution in [3.8, 4) is 68.2 Å². The normalized spacial score (nSPS) is 13.5. The molecular weight excluding hydrogens is 864 g/mol. The van der Waals surface area contributed by atoms with Crippen LogP contribution < -0.4 is 14.7 Å². The Labute approximate surface area is 359 Å². The molecule has 0 atom stereocenters. The van der Waals surface area contributed by atoms with Crippen molar-refractivity contribution in [1.82, 2.24) is 4.57 Å². The Morgan fingerprint density at radius 2 is 1.28 bits per heavy atom. The molecule has 1 aliphatic carbocycles. The highest BCUT2D eigenvalue weighted by atomic mass is 79.9. The van der Waals surface area contributed by atoms with Gasteiger partial charge in [-0.3, -0.25) is 0 Å². The average Bonchev–Trinajstić information content (AvgIpc) is 3.81. The van der Waals surface area contributed by atoms with E-state index in [2.05, 4.69) is 69.1 Å². The van der Waals surface area contributed by atoms with Gasteiger partial charge in [0, 0.05) is 48.0 Å². The number of aromatic nitrogens is 1. The van der Waals surface area contributed by atoms with Crippen molar-refractivity contribution in [2.45, 2.75) is 26.7 Å². The number of hydrogen-bond donors (Lipinski definition) is 8. The number of phenols is 8. The van der Waals surface area contributed by atoms with E-state index in [4.69, 9.17) is 0 Å². The predicted octanol–water partition coefficient (Wildman–Crippen LogP) is 11.2. The number of hydrogen-bond acceptors (Lipinski definition) is 10. The Bertz CT molecular complexity index is 3280. The second kappa shape index (κ2) is 14.9. The minimum Gasteiger partial charge on any atom is -0.504 e. The fourth-order valence-corrected chi connectivity index (χ4v) is 10.0. The van der Waals surface area contributed by atoms with Gasteiger partial charge in [0.2, 0.25) is 0 Å². The lowest BCUT2D eigenvalue weighted by molar-refractivity contribution is 0.365. The topological polar surface area (TPSA) is 170 Å². The third-order valence-corrected chi connectivity index (χ3v) is 13.2. The number of aromatic hydroxyl groups is 8. The number of benzene rings is 6. The summed E-state index contributed by atoms with van der Waals surface area (Å²) in [6, 6.07) is 22.9. The third-order valence-electron chi connectivity index (χ3n) is 11.1. The summed E-state index contributed by atoms with van der Waals surface area (Å²) in [6.07, 6.45) is 12.4. The van der Waals surface area contributed by atoms with Crippen molar-refractivity contribution >= 4 is 94.1 Å². The highest BCUT2D eigenvalue weighted by molar-refractivity contribution is 9.10. The summed E-state index contributed by atoms with van der Waals surface area (Å²) in [6.45, 7) is 4.05. The van der Waals surface area contributed by atoms with Gasteiger partial charge in [-0.25, -0.2) is 4.39 Å². The molecule has 8 N–H and O–H groups in total. The third kappa shape index (κ3) is 5.94. The van der Waals surface area contributed by atoms with Crippen LogP contribution in [0.3, 0.4) is 0 Å². The first-order chi connectivity index (χ1) is 29.4. The molecule has 2 aromatic heterocycles. The number of allylic oxidation sites excluding steroid dienone is 4. The molecular formula is C48H36BrFN2O8S. The van der Waals surface area contributed by atoms with Crippen LogP contribution in [-0.2, 0) is 0 Å². The number of nitrogens with zero attached hydrogens (tertiary/aromatic N) is 2. The second-order valence-electron chi connectivity index (χ2n) is 14.5. The fourth-order valence-electron chi connectivity index (χ4n) is 8.36. The summed E-state index contributed by atoms with van der Waals surface area (Å²) in [7, 11) is 0. The summed E-state index contributed by atoms with van der Waals surface area (Å²) in [5.41, 5.74) is 2.88. The molecule has 8 aromatic rings. The lowest BCUT2D eigenvalue weighted by Crippen LogP contribution is -2.17. The Morgan fingerprint density at radius 1 is 0.656 bits per heavy atom. The second-order valence-corrected chi connectivity index (χ2v) is 16.3. The zero-order chi connectivity index (χ0) is 43.0. The minimum absolute atomic E-state index is 0.194. The summed E-state index contributed by atoms with van der Waals surface area (Å²) in [5.74, 6) is -9.05. The van der Waals surface area contributed by atoms with Crippen LogP contribution in [0.5, 0.6) is 46.0 Å². The lowest BCUT2D eigenvalue weighted by Gasteiger charge is -2.28. The summed E-state index contributed by atoms with van der Waals surface area (Å²) in [4.78, 5) is 1.33. The number of thiophene rings is 1. The van der Waals surface area contributed by atoms with Crippen LogP contribution in [0.1, 0.15) is 26.7 Å². The average molecular weight is 900 g/mol. The van der Waals surface area contributed by atoms with E-state index >= 15 is 0 Å². The van der Waals surface area contributed by atoms with Gasteiger partial charge in [-0.15, -0.1) is 11.3 Å². The molecule has 0 aliphatic heterocycles. The van der Waals surface area contributed by atoms with Crippen LogP contribution >= 0.6 is 27.3 Å². The van der Waals surface area contributed by atoms with Gasteiger partial charge in [-0.1, -0.05) is 54.6 Å². The van der Waals surface area contributed by atoms with Crippen LogP contribution in [0.25, 0.3) is 72.0 Å². The summed E-state index contributed by atoms with van der Waals surface area (Å²) in [5, 5.41) is 93.4. The van der Waals surface area contributed by atoms with E-state index < -0.39 is 73.1 Å². The van der Waals surface area contributed by atoms with E-state index in [-0.39, 0.29) is 5.69 Å². The van der Waals surface area contributed by atoms with Crippen LogP contribution in [0.4, 0.5) is 21.5 Å². The number of halogens is 2. The molecule has 9 rings (SSSR count). The van der Waals surface area contributed by atoms with E-state index in [1.165, 1.54) is 29.2 Å². The highest BCUT2D eigenvalue weighted by Gasteiger charge is 2.35. The van der Waals surface area contributed by atoms with E-state index in [1.54, 1.807) is 17.4 Å². The van der Waals surface area contributed by atoms with Crippen molar-refractivity contribution in [2.24, 2.45) is 0 Å². The maximum absolute atomic E-state index is 14.5. The molecule has 0 bridgehead atoms. The molecule has 0 saturated heterocycles.